The van der Waals surface area contributed by atoms with E-state index >= 15 is 0 Å². The predicted octanol–water partition coefficient (Wildman–Crippen LogP) is 3.16. The van der Waals surface area contributed by atoms with Gasteiger partial charge >= 0.3 is 11.9 Å². The molecule has 0 radical (unpaired) electrons. The van der Waals surface area contributed by atoms with Crippen LogP contribution >= 0.6 is 0 Å². The molecule has 2 aromatic carbocycles. The summed E-state index contributed by atoms with van der Waals surface area (Å²) in [6.45, 7) is 0. The fraction of sp³-hybridized carbons (Fsp3) is 0.588. The predicted molar refractivity (Wildman–Crippen MR) is 152 cm³/mol. The molecule has 2 aromatic rings. The van der Waals surface area contributed by atoms with E-state index < -0.39 is 11.3 Å². The summed E-state index contributed by atoms with van der Waals surface area (Å²) in [6, 6.07) is 19.2. The highest BCUT2D eigenvalue weighted by atomic mass is 16.6. The molecule has 0 saturated carbocycles. The van der Waals surface area contributed by atoms with Crippen LogP contribution in [0.3, 0.4) is 0 Å². The SMILES string of the molecule is CN1[C@@H]2CC(OC(=O)[C@@]3(c4ccccc4)CC[C@H](C(=O)OC4C[C@@H]5[C@@H]6O[C@@H]6[C@H](C4)N5C)c4ccccc43)C[C@H]1[C@@H]1O[C@H]12. The second kappa shape index (κ2) is 9.11. The smallest absolute Gasteiger partial charge is 0.321 e. The summed E-state index contributed by atoms with van der Waals surface area (Å²) in [5.41, 5.74) is 1.70. The van der Waals surface area contributed by atoms with Crippen LogP contribution in [0.25, 0.3) is 0 Å². The minimum Gasteiger partial charge on any atom is -0.462 e. The lowest BCUT2D eigenvalue weighted by molar-refractivity contribution is -0.162. The lowest BCUT2D eigenvalue weighted by Gasteiger charge is -2.43. The van der Waals surface area contributed by atoms with E-state index in [1.807, 2.05) is 54.6 Å². The monoisotopic (exact) mass is 570 g/mol. The Morgan fingerprint density at radius 1 is 0.738 bits per heavy atom. The van der Waals surface area contributed by atoms with Gasteiger partial charge in [0, 0.05) is 49.9 Å². The molecule has 8 heteroatoms. The van der Waals surface area contributed by atoms with Crippen molar-refractivity contribution in [3.05, 3.63) is 71.3 Å². The maximum absolute atomic E-state index is 14.5. The molecule has 6 aliphatic heterocycles. The highest BCUT2D eigenvalue weighted by Crippen LogP contribution is 2.52. The number of fused-ring (bicyclic) bond motifs is 11. The summed E-state index contributed by atoms with van der Waals surface area (Å²) in [5.74, 6) is -0.785. The van der Waals surface area contributed by atoms with Crippen LogP contribution in [0.15, 0.2) is 54.6 Å². The number of likely N-dealkylation sites (N-methyl/N-ethyl adjacent to an activating group) is 2. The van der Waals surface area contributed by atoms with Crippen LogP contribution in [-0.4, -0.2) is 96.6 Å². The van der Waals surface area contributed by atoms with Crippen molar-refractivity contribution in [2.45, 2.75) is 111 Å². The number of esters is 2. The molecule has 0 amide bonds. The number of hydrogen-bond donors (Lipinski definition) is 0. The number of hydrogen-bond acceptors (Lipinski definition) is 8. The highest BCUT2D eigenvalue weighted by Gasteiger charge is 2.64. The Labute approximate surface area is 246 Å². The van der Waals surface area contributed by atoms with E-state index in [-0.39, 0.29) is 36.4 Å². The van der Waals surface area contributed by atoms with E-state index in [4.69, 9.17) is 18.9 Å². The van der Waals surface area contributed by atoms with Crippen LogP contribution in [0, 0.1) is 0 Å². The van der Waals surface area contributed by atoms with Crippen molar-refractivity contribution in [1.29, 1.82) is 0 Å². The molecule has 0 N–H and O–H groups in total. The Hall–Kier alpha value is -2.78. The average Bonchev–Trinajstić information content (AvgIpc) is 3.91. The molecule has 12 atom stereocenters. The molecule has 7 aliphatic rings. The first-order valence-corrected chi connectivity index (χ1v) is 15.8. The van der Waals surface area contributed by atoms with Crippen LogP contribution in [0.1, 0.15) is 61.1 Å². The Kier molecular flexibility index (Phi) is 5.58. The van der Waals surface area contributed by atoms with Gasteiger partial charge in [-0.15, -0.1) is 0 Å². The van der Waals surface area contributed by atoms with Gasteiger partial charge in [0.1, 0.15) is 42.0 Å². The number of nitrogens with zero attached hydrogens (tertiary/aromatic N) is 2. The van der Waals surface area contributed by atoms with Gasteiger partial charge in [-0.05, 0) is 43.6 Å². The molecular weight excluding hydrogens is 532 g/mol. The fourth-order valence-electron chi connectivity index (χ4n) is 9.53. The van der Waals surface area contributed by atoms with Crippen molar-refractivity contribution in [2.75, 3.05) is 14.1 Å². The Balaban J connectivity index is 1.00. The number of piperidine rings is 2. The number of morpholine rings is 2. The van der Waals surface area contributed by atoms with Crippen molar-refractivity contribution < 1.29 is 28.5 Å². The molecular formula is C34H38N2O6. The van der Waals surface area contributed by atoms with Crippen molar-refractivity contribution in [2.24, 2.45) is 0 Å². The van der Waals surface area contributed by atoms with Gasteiger partial charge < -0.3 is 18.9 Å². The zero-order valence-corrected chi connectivity index (χ0v) is 24.1. The molecule has 4 bridgehead atoms. The van der Waals surface area contributed by atoms with Crippen LogP contribution in [0.5, 0.6) is 0 Å². The van der Waals surface area contributed by atoms with Crippen LogP contribution in [0.2, 0.25) is 0 Å². The molecule has 42 heavy (non-hydrogen) atoms. The molecule has 6 fully saturated rings. The standard InChI is InChI=1S/C34H38N2O6/c1-35-24-14-19(15-25(35)29-28(24)41-29)39-32(37)22-12-13-34(18-8-4-3-5-9-18,23-11-7-6-10-21(22)23)33(38)40-20-16-26-30-31(42-30)27(17-20)36(26)2/h3-11,19-20,22,24-31H,12-17H2,1-2H3/t19?,20?,22-,24-,25+,26-,27+,28+,29-,30-,31-,34+/m0/s1. The molecule has 1 aliphatic carbocycles. The summed E-state index contributed by atoms with van der Waals surface area (Å²) in [4.78, 5) is 33.1. The van der Waals surface area contributed by atoms with Crippen molar-refractivity contribution in [3.63, 3.8) is 0 Å². The molecule has 8 nitrogen and oxygen atoms in total. The number of ether oxygens (including phenoxy) is 4. The average molecular weight is 571 g/mol. The molecule has 9 rings (SSSR count). The number of rotatable bonds is 5. The van der Waals surface area contributed by atoms with Gasteiger partial charge in [-0.1, -0.05) is 54.6 Å². The van der Waals surface area contributed by atoms with Crippen LogP contribution in [0.4, 0.5) is 0 Å². The normalized spacial score (nSPS) is 44.5. The van der Waals surface area contributed by atoms with Gasteiger partial charge in [0.15, 0.2) is 0 Å². The highest BCUT2D eigenvalue weighted by molar-refractivity contribution is 5.91. The first-order chi connectivity index (χ1) is 20.4. The summed E-state index contributed by atoms with van der Waals surface area (Å²) < 4.78 is 24.4. The third-order valence-electron chi connectivity index (χ3n) is 11.8. The molecule has 0 aromatic heterocycles. The zero-order valence-electron chi connectivity index (χ0n) is 24.1. The second-order valence-corrected chi connectivity index (χ2v) is 13.7. The van der Waals surface area contributed by atoms with E-state index in [1.165, 1.54) is 0 Å². The van der Waals surface area contributed by atoms with E-state index in [1.54, 1.807) is 0 Å². The lowest BCUT2D eigenvalue weighted by Crippen LogP contribution is -2.50. The summed E-state index contributed by atoms with van der Waals surface area (Å²) in [5, 5.41) is 0. The van der Waals surface area contributed by atoms with E-state index in [9.17, 15) is 9.59 Å². The number of carbonyl (C=O) groups is 2. The third kappa shape index (κ3) is 3.62. The van der Waals surface area contributed by atoms with E-state index in [0.717, 1.165) is 42.4 Å². The van der Waals surface area contributed by atoms with Crippen molar-refractivity contribution >= 4 is 11.9 Å². The maximum Gasteiger partial charge on any atom is 0.321 e. The first kappa shape index (κ1) is 25.7. The number of benzene rings is 2. The fourth-order valence-corrected chi connectivity index (χ4v) is 9.53. The van der Waals surface area contributed by atoms with Gasteiger partial charge in [0.2, 0.25) is 0 Å². The molecule has 6 saturated heterocycles. The quantitative estimate of drug-likeness (QED) is 0.401. The topological polar surface area (TPSA) is 84.1 Å². The van der Waals surface area contributed by atoms with Gasteiger partial charge in [0.05, 0.1) is 5.92 Å². The van der Waals surface area contributed by atoms with Crippen molar-refractivity contribution in [1.82, 2.24) is 9.80 Å². The maximum atomic E-state index is 14.5. The van der Waals surface area contributed by atoms with Gasteiger partial charge in [-0.2, -0.15) is 0 Å². The number of epoxide rings is 2. The molecule has 6 heterocycles. The van der Waals surface area contributed by atoms with E-state index in [0.29, 0.717) is 49.2 Å². The number of carbonyl (C=O) groups excluding carboxylic acids is 2. The van der Waals surface area contributed by atoms with E-state index in [2.05, 4.69) is 23.9 Å². The first-order valence-electron chi connectivity index (χ1n) is 15.8. The van der Waals surface area contributed by atoms with Gasteiger partial charge in [-0.25, -0.2) is 0 Å². The Bertz CT molecular complexity index is 1400. The molecule has 220 valence electrons. The second-order valence-electron chi connectivity index (χ2n) is 13.7. The largest absolute Gasteiger partial charge is 0.462 e. The summed E-state index contributed by atoms with van der Waals surface area (Å²) in [7, 11) is 4.33. The van der Waals surface area contributed by atoms with Gasteiger partial charge in [0.25, 0.3) is 0 Å². The minimum atomic E-state index is -0.971. The summed E-state index contributed by atoms with van der Waals surface area (Å²) in [6.07, 6.45) is 5.21. The molecule has 2 unspecified atom stereocenters. The Morgan fingerprint density at radius 2 is 1.26 bits per heavy atom. The Morgan fingerprint density at radius 3 is 1.86 bits per heavy atom. The molecule has 0 spiro atoms. The van der Waals surface area contributed by atoms with Gasteiger partial charge in [-0.3, -0.25) is 19.4 Å². The summed E-state index contributed by atoms with van der Waals surface area (Å²) >= 11 is 0. The third-order valence-corrected chi connectivity index (χ3v) is 11.8. The van der Waals surface area contributed by atoms with Crippen LogP contribution < -0.4 is 0 Å². The van der Waals surface area contributed by atoms with Crippen LogP contribution in [-0.2, 0) is 34.0 Å². The zero-order chi connectivity index (χ0) is 28.3. The lowest BCUT2D eigenvalue weighted by atomic mass is 9.63. The minimum absolute atomic E-state index is 0.0898. The van der Waals surface area contributed by atoms with Crippen molar-refractivity contribution in [3.8, 4) is 0 Å².